The van der Waals surface area contributed by atoms with Crippen molar-refractivity contribution < 1.29 is 9.26 Å². The van der Waals surface area contributed by atoms with Crippen molar-refractivity contribution >= 4 is 0 Å². The lowest BCUT2D eigenvalue weighted by Gasteiger charge is -2.24. The van der Waals surface area contributed by atoms with Crippen LogP contribution in [-0.2, 0) is 11.8 Å². The van der Waals surface area contributed by atoms with Gasteiger partial charge in [0, 0.05) is 13.0 Å². The lowest BCUT2D eigenvalue weighted by atomic mass is 9.82. The van der Waals surface area contributed by atoms with Gasteiger partial charge in [0.05, 0.1) is 5.41 Å². The van der Waals surface area contributed by atoms with Gasteiger partial charge in [0.25, 0.3) is 0 Å². The third-order valence-corrected chi connectivity index (χ3v) is 4.57. The molecule has 0 saturated heterocycles. The van der Waals surface area contributed by atoms with Crippen LogP contribution in [0.25, 0.3) is 0 Å². The van der Waals surface area contributed by atoms with Crippen LogP contribution in [-0.4, -0.2) is 16.7 Å². The molecule has 0 amide bonds. The monoisotopic (exact) mass is 287 g/mol. The second-order valence-corrected chi connectivity index (χ2v) is 5.57. The van der Waals surface area contributed by atoms with Crippen LogP contribution in [0.2, 0.25) is 0 Å². The molecule has 3 rings (SSSR count). The minimum absolute atomic E-state index is 0.163. The van der Waals surface area contributed by atoms with E-state index < -0.39 is 0 Å². The van der Waals surface area contributed by atoms with Crippen LogP contribution in [0, 0.1) is 0 Å². The highest BCUT2D eigenvalue weighted by molar-refractivity contribution is 5.38. The maximum atomic E-state index is 5.93. The van der Waals surface area contributed by atoms with Gasteiger partial charge in [0.2, 0.25) is 11.7 Å². The van der Waals surface area contributed by atoms with E-state index in [9.17, 15) is 0 Å². The Bertz CT molecular complexity index is 586. The van der Waals surface area contributed by atoms with Crippen molar-refractivity contribution in [2.24, 2.45) is 5.73 Å². The van der Waals surface area contributed by atoms with Gasteiger partial charge in [-0.1, -0.05) is 37.2 Å². The largest absolute Gasteiger partial charge is 0.482 e. The maximum Gasteiger partial charge on any atom is 0.234 e. The smallest absolute Gasteiger partial charge is 0.234 e. The van der Waals surface area contributed by atoms with Crippen molar-refractivity contribution in [2.45, 2.75) is 44.6 Å². The zero-order valence-corrected chi connectivity index (χ0v) is 12.5. The number of aromatic nitrogens is 2. The molecule has 1 aliphatic heterocycles. The number of para-hydroxylation sites is 1. The first-order valence-electron chi connectivity index (χ1n) is 7.51. The average molecular weight is 287 g/mol. The Labute approximate surface area is 124 Å². The highest BCUT2D eigenvalue weighted by atomic mass is 16.5. The summed E-state index contributed by atoms with van der Waals surface area (Å²) in [6.07, 6.45) is 2.38. The van der Waals surface area contributed by atoms with E-state index in [2.05, 4.69) is 30.1 Å². The summed E-state index contributed by atoms with van der Waals surface area (Å²) in [5.74, 6) is 2.15. The molecule has 21 heavy (non-hydrogen) atoms. The summed E-state index contributed by atoms with van der Waals surface area (Å²) in [6.45, 7) is 4.71. The Hall–Kier alpha value is -1.88. The topological polar surface area (TPSA) is 74.2 Å². The van der Waals surface area contributed by atoms with Gasteiger partial charge in [-0.25, -0.2) is 0 Å². The number of rotatable bonds is 5. The van der Waals surface area contributed by atoms with Gasteiger partial charge in [-0.2, -0.15) is 4.98 Å². The summed E-state index contributed by atoms with van der Waals surface area (Å²) in [4.78, 5) is 4.58. The highest BCUT2D eigenvalue weighted by Gasteiger charge is 2.35. The van der Waals surface area contributed by atoms with Crippen LogP contribution in [0.4, 0.5) is 0 Å². The van der Waals surface area contributed by atoms with Crippen molar-refractivity contribution in [3.63, 3.8) is 0 Å². The third-order valence-electron chi connectivity index (χ3n) is 4.57. The molecule has 2 aromatic rings. The van der Waals surface area contributed by atoms with Crippen molar-refractivity contribution in [3.8, 4) is 5.75 Å². The first-order valence-corrected chi connectivity index (χ1v) is 7.51. The van der Waals surface area contributed by atoms with Crippen molar-refractivity contribution in [1.29, 1.82) is 0 Å². The quantitative estimate of drug-likeness (QED) is 0.915. The van der Waals surface area contributed by atoms with E-state index >= 15 is 0 Å². The summed E-state index contributed by atoms with van der Waals surface area (Å²) in [5.41, 5.74) is 6.89. The fraction of sp³-hybridized carbons (Fsp3) is 0.500. The summed E-state index contributed by atoms with van der Waals surface area (Å²) in [7, 11) is 0. The van der Waals surface area contributed by atoms with Crippen LogP contribution in [0.15, 0.2) is 28.8 Å². The number of ether oxygens (including phenoxy) is 1. The molecule has 1 atom stereocenters. The molecule has 5 nitrogen and oxygen atoms in total. The van der Waals surface area contributed by atoms with Crippen LogP contribution >= 0.6 is 0 Å². The molecule has 0 radical (unpaired) electrons. The molecule has 0 saturated carbocycles. The number of nitrogens with zero attached hydrogens (tertiary/aromatic N) is 2. The van der Waals surface area contributed by atoms with Gasteiger partial charge in [-0.05, 0) is 24.5 Å². The Morgan fingerprint density at radius 2 is 2.05 bits per heavy atom. The molecular formula is C16H21N3O2. The molecule has 1 aromatic heterocycles. The van der Waals surface area contributed by atoms with E-state index in [-0.39, 0.29) is 11.5 Å². The molecule has 0 spiro atoms. The van der Waals surface area contributed by atoms with Gasteiger partial charge >= 0.3 is 0 Å². The van der Waals surface area contributed by atoms with E-state index in [0.29, 0.717) is 18.3 Å². The molecule has 2 N–H and O–H groups in total. The zero-order chi connectivity index (χ0) is 14.9. The molecule has 0 bridgehead atoms. The zero-order valence-electron chi connectivity index (χ0n) is 12.5. The number of nitrogens with two attached hydrogens (primary N) is 1. The minimum Gasteiger partial charge on any atom is -0.482 e. The maximum absolute atomic E-state index is 5.93. The van der Waals surface area contributed by atoms with Crippen LogP contribution in [0.1, 0.15) is 50.1 Å². The summed E-state index contributed by atoms with van der Waals surface area (Å²) in [5, 5.41) is 4.12. The molecule has 1 aromatic carbocycles. The lowest BCUT2D eigenvalue weighted by molar-refractivity contribution is 0.218. The minimum atomic E-state index is -0.225. The molecule has 1 unspecified atom stereocenters. The fourth-order valence-electron chi connectivity index (χ4n) is 2.84. The number of hydrogen-bond acceptors (Lipinski definition) is 5. The van der Waals surface area contributed by atoms with Gasteiger partial charge < -0.3 is 15.0 Å². The van der Waals surface area contributed by atoms with Gasteiger partial charge in [-0.15, -0.1) is 0 Å². The Morgan fingerprint density at radius 1 is 1.29 bits per heavy atom. The second-order valence-electron chi connectivity index (χ2n) is 5.57. The number of benzene rings is 1. The van der Waals surface area contributed by atoms with E-state index in [1.165, 1.54) is 5.56 Å². The van der Waals surface area contributed by atoms with Crippen molar-refractivity contribution in [3.05, 3.63) is 41.5 Å². The van der Waals surface area contributed by atoms with Crippen LogP contribution < -0.4 is 10.5 Å². The van der Waals surface area contributed by atoms with E-state index in [4.69, 9.17) is 15.0 Å². The number of fused-ring (bicyclic) bond motifs is 1. The van der Waals surface area contributed by atoms with Gasteiger partial charge in [0.15, 0.2) is 6.10 Å². The average Bonchev–Trinajstić information content (AvgIpc) is 3.16. The number of hydrogen-bond donors (Lipinski definition) is 1. The van der Waals surface area contributed by atoms with Crippen LogP contribution in [0.3, 0.4) is 0 Å². The predicted octanol–water partition coefficient (Wildman–Crippen LogP) is 2.76. The molecule has 0 aliphatic carbocycles. The third kappa shape index (κ3) is 2.31. The normalized spacial score (nSPS) is 17.6. The molecule has 1 aliphatic rings. The Morgan fingerprint density at radius 3 is 2.71 bits per heavy atom. The van der Waals surface area contributed by atoms with Crippen molar-refractivity contribution in [2.75, 3.05) is 6.54 Å². The molecule has 2 heterocycles. The van der Waals surface area contributed by atoms with Gasteiger partial charge in [0.1, 0.15) is 5.75 Å². The lowest BCUT2D eigenvalue weighted by Crippen LogP contribution is -2.34. The molecule has 0 fully saturated rings. The Balaban J connectivity index is 1.84. The van der Waals surface area contributed by atoms with Gasteiger partial charge in [-0.3, -0.25) is 0 Å². The molecular weight excluding hydrogens is 266 g/mol. The Kier molecular flexibility index (Phi) is 3.68. The SMILES string of the molecule is CCC(CC)(CN)c1nc(C2Cc3ccccc3O2)no1. The summed E-state index contributed by atoms with van der Waals surface area (Å²) < 4.78 is 11.4. The molecule has 112 valence electrons. The fourth-order valence-corrected chi connectivity index (χ4v) is 2.84. The van der Waals surface area contributed by atoms with Crippen LogP contribution in [0.5, 0.6) is 5.75 Å². The van der Waals surface area contributed by atoms with Crippen molar-refractivity contribution in [1.82, 2.24) is 10.1 Å². The standard InChI is InChI=1S/C16H21N3O2/c1-3-16(4-2,10-17)15-18-14(19-21-15)13-9-11-7-5-6-8-12(11)20-13/h5-8,13H,3-4,9-10,17H2,1-2H3. The van der Waals surface area contributed by atoms with E-state index in [1.807, 2.05) is 18.2 Å². The summed E-state index contributed by atoms with van der Waals surface area (Å²) >= 11 is 0. The first kappa shape index (κ1) is 14.1. The molecule has 5 heteroatoms. The van der Waals surface area contributed by atoms with E-state index in [0.717, 1.165) is 25.0 Å². The van der Waals surface area contributed by atoms with E-state index in [1.54, 1.807) is 0 Å². The summed E-state index contributed by atoms with van der Waals surface area (Å²) in [6, 6.07) is 8.02. The predicted molar refractivity (Wildman–Crippen MR) is 79.1 cm³/mol. The second kappa shape index (κ2) is 5.48. The first-order chi connectivity index (χ1) is 10.2. The highest BCUT2D eigenvalue weighted by Crippen LogP contribution is 2.36.